The van der Waals surface area contributed by atoms with Gasteiger partial charge in [-0.1, -0.05) is 23.5 Å². The van der Waals surface area contributed by atoms with Crippen molar-refractivity contribution in [3.05, 3.63) is 23.3 Å². The van der Waals surface area contributed by atoms with E-state index in [4.69, 9.17) is 4.74 Å². The number of amides is 2. The Labute approximate surface area is 162 Å². The summed E-state index contributed by atoms with van der Waals surface area (Å²) in [5, 5.41) is 0.712. The number of benzene rings is 1. The SMILES string of the molecule is Cc1ccc(C)c2sc(OC3CCN(C(=O)C4CCC(=O)NN4)CC3)nc12. The Morgan fingerprint density at radius 3 is 2.63 bits per heavy atom. The minimum atomic E-state index is -0.324. The van der Waals surface area contributed by atoms with Crippen LogP contribution in [-0.2, 0) is 9.59 Å². The number of carbonyl (C=O) groups is 2. The maximum absolute atomic E-state index is 12.6. The minimum absolute atomic E-state index is 0.0553. The highest BCUT2D eigenvalue weighted by Gasteiger charge is 2.31. The predicted octanol–water partition coefficient (Wildman–Crippen LogP) is 2.07. The Hall–Kier alpha value is -2.19. The van der Waals surface area contributed by atoms with Gasteiger partial charge >= 0.3 is 0 Å². The van der Waals surface area contributed by atoms with Gasteiger partial charge in [-0.15, -0.1) is 0 Å². The van der Waals surface area contributed by atoms with Crippen molar-refractivity contribution in [2.24, 2.45) is 0 Å². The molecular weight excluding hydrogens is 364 g/mol. The Bertz CT molecular complexity index is 824. The third-order valence-corrected chi connectivity index (χ3v) is 6.37. The van der Waals surface area contributed by atoms with Crippen molar-refractivity contribution >= 4 is 33.4 Å². The molecule has 2 amide bonds. The highest BCUT2D eigenvalue weighted by molar-refractivity contribution is 7.20. The fraction of sp³-hybridized carbons (Fsp3) is 0.526. The topological polar surface area (TPSA) is 83.6 Å². The predicted molar refractivity (Wildman–Crippen MR) is 104 cm³/mol. The standard InChI is InChI=1S/C19H24N4O3S/c1-11-3-4-12(2)17-16(11)20-19(27-17)26-13-7-9-23(10-8-13)18(25)14-5-6-15(24)22-21-14/h3-4,13-14,21H,5-10H2,1-2H3,(H,22,24). The molecule has 27 heavy (non-hydrogen) atoms. The van der Waals surface area contributed by atoms with Crippen molar-refractivity contribution in [1.82, 2.24) is 20.7 Å². The van der Waals surface area contributed by atoms with E-state index in [-0.39, 0.29) is 24.0 Å². The molecule has 1 aromatic heterocycles. The number of aryl methyl sites for hydroxylation is 2. The summed E-state index contributed by atoms with van der Waals surface area (Å²) in [7, 11) is 0. The number of aromatic nitrogens is 1. The number of likely N-dealkylation sites (tertiary alicyclic amines) is 1. The Morgan fingerprint density at radius 1 is 1.22 bits per heavy atom. The average Bonchev–Trinajstić information content (AvgIpc) is 3.11. The van der Waals surface area contributed by atoms with E-state index in [0.29, 0.717) is 31.1 Å². The molecule has 1 aromatic carbocycles. The van der Waals surface area contributed by atoms with Crippen LogP contribution in [0.2, 0.25) is 0 Å². The van der Waals surface area contributed by atoms with Crippen LogP contribution in [0.25, 0.3) is 10.2 Å². The Morgan fingerprint density at radius 2 is 1.96 bits per heavy atom. The molecule has 3 heterocycles. The highest BCUT2D eigenvalue weighted by atomic mass is 32.1. The van der Waals surface area contributed by atoms with Gasteiger partial charge in [-0.25, -0.2) is 10.4 Å². The number of piperidine rings is 1. The summed E-state index contributed by atoms with van der Waals surface area (Å²) in [4.78, 5) is 30.3. The van der Waals surface area contributed by atoms with Gasteiger partial charge in [0.2, 0.25) is 11.8 Å². The highest BCUT2D eigenvalue weighted by Crippen LogP contribution is 2.33. The molecule has 0 spiro atoms. The molecule has 0 aliphatic carbocycles. The number of hydrogen-bond acceptors (Lipinski definition) is 6. The van der Waals surface area contributed by atoms with Crippen molar-refractivity contribution in [2.45, 2.75) is 51.7 Å². The molecule has 1 atom stereocenters. The lowest BCUT2D eigenvalue weighted by atomic mass is 10.0. The van der Waals surface area contributed by atoms with E-state index in [1.807, 2.05) is 4.90 Å². The number of thiazole rings is 1. The first-order valence-corrected chi connectivity index (χ1v) is 10.2. The summed E-state index contributed by atoms with van der Waals surface area (Å²) in [6, 6.07) is 3.88. The second kappa shape index (κ2) is 7.44. The molecule has 2 N–H and O–H groups in total. The second-order valence-electron chi connectivity index (χ2n) is 7.28. The average molecular weight is 388 g/mol. The van der Waals surface area contributed by atoms with Gasteiger partial charge in [-0.05, 0) is 31.4 Å². The molecule has 0 bridgehead atoms. The number of rotatable bonds is 3. The van der Waals surface area contributed by atoms with Crippen molar-refractivity contribution in [1.29, 1.82) is 0 Å². The molecule has 2 aliphatic heterocycles. The molecule has 2 fully saturated rings. The monoisotopic (exact) mass is 388 g/mol. The lowest BCUT2D eigenvalue weighted by Crippen LogP contribution is -2.57. The Kier molecular flexibility index (Phi) is 5.01. The van der Waals surface area contributed by atoms with Crippen molar-refractivity contribution in [2.75, 3.05) is 13.1 Å². The minimum Gasteiger partial charge on any atom is -0.467 e. The van der Waals surface area contributed by atoms with Gasteiger partial charge in [0.25, 0.3) is 5.19 Å². The number of nitrogens with one attached hydrogen (secondary N) is 2. The summed E-state index contributed by atoms with van der Waals surface area (Å²) in [6.45, 7) is 5.49. The van der Waals surface area contributed by atoms with Crippen LogP contribution in [0, 0.1) is 13.8 Å². The van der Waals surface area contributed by atoms with Gasteiger partial charge < -0.3 is 9.64 Å². The van der Waals surface area contributed by atoms with E-state index in [9.17, 15) is 9.59 Å². The molecule has 7 nitrogen and oxygen atoms in total. The van der Waals surface area contributed by atoms with E-state index < -0.39 is 0 Å². The lowest BCUT2D eigenvalue weighted by molar-refractivity contribution is -0.137. The van der Waals surface area contributed by atoms with E-state index >= 15 is 0 Å². The van der Waals surface area contributed by atoms with Crippen molar-refractivity contribution in [3.8, 4) is 5.19 Å². The van der Waals surface area contributed by atoms with Crippen molar-refractivity contribution in [3.63, 3.8) is 0 Å². The van der Waals surface area contributed by atoms with Gasteiger partial charge in [0.1, 0.15) is 12.1 Å². The maximum Gasteiger partial charge on any atom is 0.274 e. The number of hydrogen-bond donors (Lipinski definition) is 2. The molecule has 2 saturated heterocycles. The van der Waals surface area contributed by atoms with Crippen LogP contribution in [0.15, 0.2) is 12.1 Å². The zero-order chi connectivity index (χ0) is 19.0. The van der Waals surface area contributed by atoms with E-state index in [1.54, 1.807) is 11.3 Å². The molecule has 144 valence electrons. The molecule has 0 saturated carbocycles. The summed E-state index contributed by atoms with van der Waals surface area (Å²) in [5.41, 5.74) is 8.76. The third kappa shape index (κ3) is 3.77. The zero-order valence-electron chi connectivity index (χ0n) is 15.6. The van der Waals surface area contributed by atoms with Gasteiger partial charge in [0, 0.05) is 32.4 Å². The van der Waals surface area contributed by atoms with Crippen LogP contribution in [0.4, 0.5) is 0 Å². The van der Waals surface area contributed by atoms with Gasteiger partial charge in [-0.3, -0.25) is 15.0 Å². The van der Waals surface area contributed by atoms with Gasteiger partial charge in [0.15, 0.2) is 0 Å². The molecule has 0 radical (unpaired) electrons. The van der Waals surface area contributed by atoms with Gasteiger partial charge in [0.05, 0.1) is 10.2 Å². The van der Waals surface area contributed by atoms with Crippen LogP contribution in [-0.4, -0.2) is 46.9 Å². The maximum atomic E-state index is 12.6. The van der Waals surface area contributed by atoms with Crippen LogP contribution in [0.1, 0.15) is 36.8 Å². The summed E-state index contributed by atoms with van der Waals surface area (Å²) >= 11 is 1.60. The fourth-order valence-electron chi connectivity index (χ4n) is 3.61. The van der Waals surface area contributed by atoms with E-state index in [2.05, 4.69) is 41.8 Å². The van der Waals surface area contributed by atoms with E-state index in [0.717, 1.165) is 23.9 Å². The Balaban J connectivity index is 1.34. The third-order valence-electron chi connectivity index (χ3n) is 5.29. The summed E-state index contributed by atoms with van der Waals surface area (Å²) in [6.07, 6.45) is 2.59. The van der Waals surface area contributed by atoms with Crippen LogP contribution in [0.3, 0.4) is 0 Å². The number of ether oxygens (including phenoxy) is 1. The van der Waals surface area contributed by atoms with E-state index in [1.165, 1.54) is 10.3 Å². The van der Waals surface area contributed by atoms with Crippen LogP contribution in [0.5, 0.6) is 5.19 Å². The quantitative estimate of drug-likeness (QED) is 0.841. The number of carbonyl (C=O) groups excluding carboxylic acids is 2. The molecule has 2 aliphatic rings. The lowest BCUT2D eigenvalue weighted by Gasteiger charge is -2.35. The smallest absolute Gasteiger partial charge is 0.274 e. The van der Waals surface area contributed by atoms with Crippen LogP contribution >= 0.6 is 11.3 Å². The van der Waals surface area contributed by atoms with Crippen LogP contribution < -0.4 is 15.6 Å². The number of hydrazine groups is 1. The normalized spacial score (nSPS) is 21.3. The first-order valence-electron chi connectivity index (χ1n) is 9.38. The van der Waals surface area contributed by atoms with Crippen molar-refractivity contribution < 1.29 is 14.3 Å². The molecule has 8 heteroatoms. The summed E-state index contributed by atoms with van der Waals surface area (Å²) < 4.78 is 7.32. The molecule has 4 rings (SSSR count). The molecule has 2 aromatic rings. The first kappa shape index (κ1) is 18.2. The fourth-order valence-corrected chi connectivity index (χ4v) is 4.64. The molecular formula is C19H24N4O3S. The second-order valence-corrected chi connectivity index (χ2v) is 8.24. The number of fused-ring (bicyclic) bond motifs is 1. The number of nitrogens with zero attached hydrogens (tertiary/aromatic N) is 2. The first-order chi connectivity index (χ1) is 13.0. The zero-order valence-corrected chi connectivity index (χ0v) is 16.4. The molecule has 1 unspecified atom stereocenters. The summed E-state index contributed by atoms with van der Waals surface area (Å²) in [5.74, 6) is -0.00727. The van der Waals surface area contributed by atoms with Gasteiger partial charge in [-0.2, -0.15) is 0 Å². The largest absolute Gasteiger partial charge is 0.467 e.